The Hall–Kier alpha value is -0.590. The van der Waals surface area contributed by atoms with Gasteiger partial charge in [-0.25, -0.2) is 5.01 Å². The molecule has 60 valence electrons. The van der Waals surface area contributed by atoms with E-state index in [-0.39, 0.29) is 0 Å². The smallest absolute Gasteiger partial charge is 0.0662 e. The minimum atomic E-state index is 0.301. The van der Waals surface area contributed by atoms with E-state index in [4.69, 9.17) is 11.1 Å². The van der Waals surface area contributed by atoms with E-state index in [9.17, 15) is 0 Å². The van der Waals surface area contributed by atoms with Crippen molar-refractivity contribution in [2.45, 2.75) is 12.8 Å². The number of piperidine rings is 1. The van der Waals surface area contributed by atoms with Gasteiger partial charge in [0.05, 0.1) is 12.0 Å². The number of hydrogen-bond acceptors (Lipinski definition) is 3. The quantitative estimate of drug-likeness (QED) is 0.508. The Morgan fingerprint density at radius 3 is 2.27 bits per heavy atom. The molecule has 2 bridgehead atoms. The Balaban J connectivity index is 2.14. The van der Waals surface area contributed by atoms with Crippen molar-refractivity contribution >= 4 is 0 Å². The molecular weight excluding hydrogens is 138 g/mol. The fourth-order valence-corrected chi connectivity index (χ4v) is 2.47. The third-order valence-corrected chi connectivity index (χ3v) is 3.01. The summed E-state index contributed by atoms with van der Waals surface area (Å²) in [6, 6.07) is 2.40. The van der Waals surface area contributed by atoms with Crippen LogP contribution < -0.4 is 5.84 Å². The van der Waals surface area contributed by atoms with E-state index in [1.807, 2.05) is 5.01 Å². The van der Waals surface area contributed by atoms with Gasteiger partial charge in [0, 0.05) is 13.1 Å². The first kappa shape index (κ1) is 7.08. The molecule has 3 heteroatoms. The number of rotatable bonds is 0. The second-order valence-electron chi connectivity index (χ2n) is 3.71. The van der Waals surface area contributed by atoms with Gasteiger partial charge in [-0.2, -0.15) is 5.26 Å². The van der Waals surface area contributed by atoms with Gasteiger partial charge >= 0.3 is 0 Å². The normalized spacial score (nSPS) is 43.8. The second kappa shape index (κ2) is 2.47. The maximum atomic E-state index is 8.85. The highest BCUT2D eigenvalue weighted by Gasteiger charge is 2.41. The van der Waals surface area contributed by atoms with Crippen molar-refractivity contribution in [2.24, 2.45) is 23.6 Å². The minimum absolute atomic E-state index is 0.301. The van der Waals surface area contributed by atoms with E-state index in [1.54, 1.807) is 0 Å². The molecule has 2 N–H and O–H groups in total. The molecule has 0 radical (unpaired) electrons. The number of nitrogens with two attached hydrogens (primary N) is 1. The molecule has 1 aliphatic heterocycles. The lowest BCUT2D eigenvalue weighted by atomic mass is 9.87. The van der Waals surface area contributed by atoms with Crippen LogP contribution >= 0.6 is 0 Å². The van der Waals surface area contributed by atoms with Gasteiger partial charge in [-0.05, 0) is 24.7 Å². The largest absolute Gasteiger partial charge is 0.269 e. The molecule has 0 amide bonds. The van der Waals surface area contributed by atoms with Gasteiger partial charge in [0.2, 0.25) is 0 Å². The maximum absolute atomic E-state index is 8.85. The first-order valence-electron chi connectivity index (χ1n) is 4.20. The summed E-state index contributed by atoms with van der Waals surface area (Å²) in [5, 5.41) is 10.7. The summed E-state index contributed by atoms with van der Waals surface area (Å²) in [5.74, 6) is 7.12. The Morgan fingerprint density at radius 1 is 1.27 bits per heavy atom. The molecule has 2 rings (SSSR count). The van der Waals surface area contributed by atoms with Crippen LogP contribution in [0, 0.1) is 29.1 Å². The fraction of sp³-hybridized carbons (Fsp3) is 0.875. The number of hydrogen-bond donors (Lipinski definition) is 1. The van der Waals surface area contributed by atoms with E-state index in [2.05, 4.69) is 6.07 Å². The van der Waals surface area contributed by atoms with Crippen LogP contribution in [0.4, 0.5) is 0 Å². The molecule has 3 nitrogen and oxygen atoms in total. The van der Waals surface area contributed by atoms with Gasteiger partial charge in [-0.1, -0.05) is 0 Å². The highest BCUT2D eigenvalue weighted by atomic mass is 15.4. The molecular formula is C8H13N3. The predicted molar refractivity (Wildman–Crippen MR) is 41.1 cm³/mol. The average molecular weight is 151 g/mol. The van der Waals surface area contributed by atoms with Gasteiger partial charge in [0.25, 0.3) is 0 Å². The zero-order valence-corrected chi connectivity index (χ0v) is 6.53. The zero-order valence-electron chi connectivity index (χ0n) is 6.53. The Kier molecular flexibility index (Phi) is 1.59. The lowest BCUT2D eigenvalue weighted by Crippen LogP contribution is -2.45. The molecule has 11 heavy (non-hydrogen) atoms. The van der Waals surface area contributed by atoms with Crippen LogP contribution in [0.5, 0.6) is 0 Å². The van der Waals surface area contributed by atoms with Crippen molar-refractivity contribution in [1.82, 2.24) is 5.01 Å². The first-order valence-corrected chi connectivity index (χ1v) is 4.20. The van der Waals surface area contributed by atoms with Crippen molar-refractivity contribution in [2.75, 3.05) is 13.1 Å². The second-order valence-corrected chi connectivity index (χ2v) is 3.71. The third-order valence-electron chi connectivity index (χ3n) is 3.01. The molecule has 2 atom stereocenters. The fourth-order valence-electron chi connectivity index (χ4n) is 2.47. The first-order chi connectivity index (χ1) is 5.31. The van der Waals surface area contributed by atoms with Crippen LogP contribution in [-0.2, 0) is 0 Å². The summed E-state index contributed by atoms with van der Waals surface area (Å²) >= 11 is 0. The van der Waals surface area contributed by atoms with Gasteiger partial charge in [-0.15, -0.1) is 0 Å². The molecule has 1 aliphatic carbocycles. The maximum Gasteiger partial charge on any atom is 0.0662 e. The van der Waals surface area contributed by atoms with Gasteiger partial charge in [0.15, 0.2) is 0 Å². The highest BCUT2D eigenvalue weighted by Crippen LogP contribution is 2.40. The molecule has 0 aromatic heterocycles. The Bertz CT molecular complexity index is 182. The lowest BCUT2D eigenvalue weighted by molar-refractivity contribution is 0.138. The van der Waals surface area contributed by atoms with Crippen molar-refractivity contribution in [3.05, 3.63) is 0 Å². The van der Waals surface area contributed by atoms with Crippen molar-refractivity contribution in [3.63, 3.8) is 0 Å². The molecule has 2 fully saturated rings. The molecule has 0 aromatic carbocycles. The average Bonchev–Trinajstić information content (AvgIpc) is 2.23. The number of nitriles is 1. The van der Waals surface area contributed by atoms with Crippen molar-refractivity contribution < 1.29 is 0 Å². The van der Waals surface area contributed by atoms with E-state index in [1.165, 1.54) is 12.8 Å². The summed E-state index contributed by atoms with van der Waals surface area (Å²) in [5.41, 5.74) is 0. The van der Waals surface area contributed by atoms with Gasteiger partial charge in [-0.3, -0.25) is 5.84 Å². The topological polar surface area (TPSA) is 53.0 Å². The standard InChI is InChI=1S/C8H13N3/c9-3-8-6-1-2-7(8)5-11(10)4-6/h6-8H,1-2,4-5,10H2. The predicted octanol–water partition coefficient (Wildman–Crippen LogP) is 0.342. The number of nitrogens with zero attached hydrogens (tertiary/aromatic N) is 2. The van der Waals surface area contributed by atoms with Gasteiger partial charge < -0.3 is 0 Å². The van der Waals surface area contributed by atoms with Crippen molar-refractivity contribution in [1.29, 1.82) is 5.26 Å². The van der Waals surface area contributed by atoms with Gasteiger partial charge in [0.1, 0.15) is 0 Å². The Labute approximate surface area is 66.7 Å². The zero-order chi connectivity index (χ0) is 7.84. The summed E-state index contributed by atoms with van der Waals surface area (Å²) in [6.07, 6.45) is 2.41. The molecule has 2 aliphatic rings. The summed E-state index contributed by atoms with van der Waals surface area (Å²) < 4.78 is 0. The van der Waals surface area contributed by atoms with Crippen molar-refractivity contribution in [3.8, 4) is 6.07 Å². The summed E-state index contributed by atoms with van der Waals surface area (Å²) in [7, 11) is 0. The third kappa shape index (κ3) is 1.03. The number of fused-ring (bicyclic) bond motifs is 2. The van der Waals surface area contributed by atoms with E-state index < -0.39 is 0 Å². The molecule has 2 unspecified atom stereocenters. The SMILES string of the molecule is N#CC1C2CCC1CN(N)C2. The van der Waals surface area contributed by atoms with E-state index in [0.29, 0.717) is 17.8 Å². The molecule has 1 saturated carbocycles. The van der Waals surface area contributed by atoms with Crippen LogP contribution in [0.25, 0.3) is 0 Å². The van der Waals surface area contributed by atoms with E-state index in [0.717, 1.165) is 13.1 Å². The lowest BCUT2D eigenvalue weighted by Gasteiger charge is -2.31. The highest BCUT2D eigenvalue weighted by molar-refractivity contribution is 5.01. The molecule has 0 spiro atoms. The summed E-state index contributed by atoms with van der Waals surface area (Å²) in [4.78, 5) is 0. The Morgan fingerprint density at radius 2 is 1.82 bits per heavy atom. The van der Waals surface area contributed by atoms with E-state index >= 15 is 0 Å². The van der Waals surface area contributed by atoms with Crippen LogP contribution in [-0.4, -0.2) is 18.1 Å². The molecule has 1 heterocycles. The summed E-state index contributed by atoms with van der Waals surface area (Å²) in [6.45, 7) is 1.85. The monoisotopic (exact) mass is 151 g/mol. The molecule has 0 aromatic rings. The minimum Gasteiger partial charge on any atom is -0.269 e. The molecule has 1 saturated heterocycles. The van der Waals surface area contributed by atoms with Crippen LogP contribution in [0.1, 0.15) is 12.8 Å². The van der Waals surface area contributed by atoms with Crippen LogP contribution in [0.2, 0.25) is 0 Å². The van der Waals surface area contributed by atoms with Crippen LogP contribution in [0.15, 0.2) is 0 Å². The number of hydrazine groups is 1. The van der Waals surface area contributed by atoms with Crippen LogP contribution in [0.3, 0.4) is 0 Å².